The van der Waals surface area contributed by atoms with Crippen LogP contribution >= 0.6 is 0 Å². The molecule has 0 bridgehead atoms. The van der Waals surface area contributed by atoms with E-state index in [1.54, 1.807) is 24.3 Å². The number of hydrogen-bond acceptors (Lipinski definition) is 6. The number of anilines is 1. The van der Waals surface area contributed by atoms with Crippen molar-refractivity contribution in [3.8, 4) is 0 Å². The van der Waals surface area contributed by atoms with E-state index in [-0.39, 0.29) is 65.8 Å². The molecule has 0 aromatic heterocycles. The number of aliphatic hydroxyl groups excluding tert-OH is 2. The maximum Gasteiger partial charge on any atom is 0.255 e. The molecule has 0 unspecified atom stereocenters. The van der Waals surface area contributed by atoms with Gasteiger partial charge in [0.15, 0.2) is 11.6 Å². The minimum Gasteiger partial charge on any atom is -0.395 e. The lowest BCUT2D eigenvalue weighted by Crippen LogP contribution is -2.32. The van der Waals surface area contributed by atoms with E-state index in [9.17, 15) is 19.5 Å². The fourth-order valence-electron chi connectivity index (χ4n) is 3.19. The first kappa shape index (κ1) is 18.8. The molecule has 27 heavy (non-hydrogen) atoms. The van der Waals surface area contributed by atoms with Crippen molar-refractivity contribution in [2.45, 2.75) is 0 Å². The van der Waals surface area contributed by atoms with E-state index in [0.717, 1.165) is 0 Å². The van der Waals surface area contributed by atoms with Crippen molar-refractivity contribution in [2.24, 2.45) is 0 Å². The molecule has 7 heteroatoms. The van der Waals surface area contributed by atoms with Gasteiger partial charge >= 0.3 is 0 Å². The summed E-state index contributed by atoms with van der Waals surface area (Å²) in [6.07, 6.45) is 0. The lowest BCUT2D eigenvalue weighted by atomic mass is 9.82. The molecule has 0 heterocycles. The first-order valence-corrected chi connectivity index (χ1v) is 8.57. The SMILES string of the molecule is CN(CCO)C(=O)c1ccc2c(c1NCCO)C(=O)c1ccccc1C2=O. The molecule has 2 aromatic rings. The summed E-state index contributed by atoms with van der Waals surface area (Å²) in [5.74, 6) is -1.03. The van der Waals surface area contributed by atoms with Crippen LogP contribution in [0, 0.1) is 0 Å². The minimum absolute atomic E-state index is 0.115. The number of carbonyl (C=O) groups excluding carboxylic acids is 3. The molecular weight excluding hydrogens is 348 g/mol. The van der Waals surface area contributed by atoms with Crippen LogP contribution in [0.1, 0.15) is 42.2 Å². The molecule has 0 spiro atoms. The van der Waals surface area contributed by atoms with Crippen LogP contribution in [0.25, 0.3) is 0 Å². The number of rotatable bonds is 6. The number of ketones is 2. The first-order chi connectivity index (χ1) is 13.0. The van der Waals surface area contributed by atoms with Crippen LogP contribution in [-0.2, 0) is 0 Å². The summed E-state index contributed by atoms with van der Waals surface area (Å²) < 4.78 is 0. The van der Waals surface area contributed by atoms with Crippen molar-refractivity contribution in [3.05, 3.63) is 64.2 Å². The second-order valence-electron chi connectivity index (χ2n) is 6.22. The summed E-state index contributed by atoms with van der Waals surface area (Å²) in [4.78, 5) is 40.0. The third-order valence-corrected chi connectivity index (χ3v) is 4.52. The summed E-state index contributed by atoms with van der Waals surface area (Å²) in [5.41, 5.74) is 1.41. The van der Waals surface area contributed by atoms with E-state index in [2.05, 4.69) is 5.32 Å². The van der Waals surface area contributed by atoms with Gasteiger partial charge in [-0.15, -0.1) is 0 Å². The van der Waals surface area contributed by atoms with E-state index in [1.807, 2.05) is 0 Å². The maximum absolute atomic E-state index is 13.1. The molecular formula is C20H20N2O5. The quantitative estimate of drug-likeness (QED) is 0.598. The number of nitrogens with zero attached hydrogens (tertiary/aromatic N) is 1. The van der Waals surface area contributed by atoms with Gasteiger partial charge in [-0.3, -0.25) is 14.4 Å². The molecule has 3 rings (SSSR count). The summed E-state index contributed by atoms with van der Waals surface area (Å²) in [6, 6.07) is 9.54. The van der Waals surface area contributed by atoms with Crippen molar-refractivity contribution < 1.29 is 24.6 Å². The van der Waals surface area contributed by atoms with Crippen LogP contribution < -0.4 is 5.32 Å². The number of nitrogens with one attached hydrogen (secondary N) is 1. The maximum atomic E-state index is 13.1. The van der Waals surface area contributed by atoms with E-state index in [4.69, 9.17) is 5.11 Å². The number of fused-ring (bicyclic) bond motifs is 2. The van der Waals surface area contributed by atoms with Crippen LogP contribution in [0.4, 0.5) is 5.69 Å². The highest BCUT2D eigenvalue weighted by Gasteiger charge is 2.33. The van der Waals surface area contributed by atoms with Gasteiger partial charge in [0, 0.05) is 36.8 Å². The van der Waals surface area contributed by atoms with Crippen molar-refractivity contribution in [3.63, 3.8) is 0 Å². The Morgan fingerprint density at radius 2 is 1.63 bits per heavy atom. The summed E-state index contributed by atoms with van der Waals surface area (Å²) in [7, 11) is 1.54. The average Bonchev–Trinajstić information content (AvgIpc) is 2.69. The van der Waals surface area contributed by atoms with Gasteiger partial charge in [0.05, 0.1) is 30.0 Å². The monoisotopic (exact) mass is 368 g/mol. The number of aliphatic hydroxyl groups is 2. The Morgan fingerprint density at radius 1 is 0.963 bits per heavy atom. The zero-order valence-electron chi connectivity index (χ0n) is 14.9. The molecule has 1 amide bonds. The molecule has 2 aromatic carbocycles. The van der Waals surface area contributed by atoms with Crippen molar-refractivity contribution >= 4 is 23.2 Å². The van der Waals surface area contributed by atoms with Gasteiger partial charge in [0.25, 0.3) is 5.91 Å². The largest absolute Gasteiger partial charge is 0.395 e. The minimum atomic E-state index is -0.397. The number of hydrogen-bond donors (Lipinski definition) is 3. The molecule has 0 radical (unpaired) electrons. The third kappa shape index (κ3) is 3.22. The molecule has 1 aliphatic rings. The summed E-state index contributed by atoms with van der Waals surface area (Å²) >= 11 is 0. The van der Waals surface area contributed by atoms with E-state index >= 15 is 0 Å². The lowest BCUT2D eigenvalue weighted by Gasteiger charge is -2.24. The molecule has 140 valence electrons. The third-order valence-electron chi connectivity index (χ3n) is 4.52. The van der Waals surface area contributed by atoms with E-state index < -0.39 is 5.91 Å². The summed E-state index contributed by atoms with van der Waals surface area (Å²) in [6.45, 7) is -0.158. The first-order valence-electron chi connectivity index (χ1n) is 8.57. The lowest BCUT2D eigenvalue weighted by molar-refractivity contribution is 0.0767. The number of amides is 1. The zero-order chi connectivity index (χ0) is 19.6. The van der Waals surface area contributed by atoms with Crippen molar-refractivity contribution in [1.82, 2.24) is 4.90 Å². The van der Waals surface area contributed by atoms with Crippen LogP contribution in [-0.4, -0.2) is 65.9 Å². The highest BCUT2D eigenvalue weighted by Crippen LogP contribution is 2.34. The molecule has 0 saturated carbocycles. The smallest absolute Gasteiger partial charge is 0.255 e. The standard InChI is InChI=1S/C20H20N2O5/c1-22(9-11-24)20(27)15-7-6-14-16(17(15)21-8-10-23)19(26)13-5-3-2-4-12(13)18(14)25/h2-7,21,23-24H,8-11H2,1H3. The highest BCUT2D eigenvalue weighted by molar-refractivity contribution is 6.31. The van der Waals surface area contributed by atoms with Gasteiger partial charge in [0.1, 0.15) is 0 Å². The van der Waals surface area contributed by atoms with Gasteiger partial charge in [-0.1, -0.05) is 24.3 Å². The van der Waals surface area contributed by atoms with Crippen LogP contribution in [0.15, 0.2) is 36.4 Å². The van der Waals surface area contributed by atoms with E-state index in [0.29, 0.717) is 5.56 Å². The van der Waals surface area contributed by atoms with Gasteiger partial charge in [0.2, 0.25) is 0 Å². The number of benzene rings is 2. The Morgan fingerprint density at radius 3 is 2.26 bits per heavy atom. The predicted octanol–water partition coefficient (Wildman–Crippen LogP) is 0.930. The molecule has 0 fully saturated rings. The number of carbonyl (C=O) groups is 3. The van der Waals surface area contributed by atoms with Crippen LogP contribution in [0.3, 0.4) is 0 Å². The molecule has 7 nitrogen and oxygen atoms in total. The zero-order valence-corrected chi connectivity index (χ0v) is 14.9. The molecule has 0 saturated heterocycles. The predicted molar refractivity (Wildman–Crippen MR) is 99.4 cm³/mol. The molecule has 0 atom stereocenters. The van der Waals surface area contributed by atoms with Crippen LogP contribution in [0.2, 0.25) is 0 Å². The van der Waals surface area contributed by atoms with Crippen LogP contribution in [0.5, 0.6) is 0 Å². The second-order valence-corrected chi connectivity index (χ2v) is 6.22. The summed E-state index contributed by atoms with van der Waals surface area (Å²) in [5, 5.41) is 21.2. The number of likely N-dealkylation sites (N-methyl/N-ethyl adjacent to an activating group) is 1. The van der Waals surface area contributed by atoms with Crippen molar-refractivity contribution in [1.29, 1.82) is 0 Å². The Labute approximate surface area is 156 Å². The van der Waals surface area contributed by atoms with Gasteiger partial charge in [-0.25, -0.2) is 0 Å². The Kier molecular flexibility index (Phi) is 5.34. The normalized spacial score (nSPS) is 12.4. The molecule has 0 aliphatic heterocycles. The van der Waals surface area contributed by atoms with Gasteiger partial charge in [-0.05, 0) is 12.1 Å². The van der Waals surface area contributed by atoms with Crippen molar-refractivity contribution in [2.75, 3.05) is 38.7 Å². The average molecular weight is 368 g/mol. The van der Waals surface area contributed by atoms with E-state index in [1.165, 1.54) is 24.1 Å². The van der Waals surface area contributed by atoms with Gasteiger partial charge < -0.3 is 20.4 Å². The highest BCUT2D eigenvalue weighted by atomic mass is 16.3. The molecule has 1 aliphatic carbocycles. The Bertz CT molecular complexity index is 923. The fraction of sp³-hybridized carbons (Fsp3) is 0.250. The van der Waals surface area contributed by atoms with Gasteiger partial charge in [-0.2, -0.15) is 0 Å². The Balaban J connectivity index is 2.19. The molecule has 3 N–H and O–H groups in total. The fourth-order valence-corrected chi connectivity index (χ4v) is 3.19. The Hall–Kier alpha value is -3.03. The topological polar surface area (TPSA) is 107 Å². The second kappa shape index (κ2) is 7.69.